The van der Waals surface area contributed by atoms with Crippen LogP contribution in [0.3, 0.4) is 0 Å². The normalized spacial score (nSPS) is 19.2. The van der Waals surface area contributed by atoms with Gasteiger partial charge in [-0.3, -0.25) is 9.78 Å². The molecule has 2 aromatic heterocycles. The summed E-state index contributed by atoms with van der Waals surface area (Å²) >= 11 is 0. The number of carboxylic acids is 1. The molecule has 37 heavy (non-hydrogen) atoms. The van der Waals surface area contributed by atoms with Crippen molar-refractivity contribution >= 4 is 16.9 Å². The second-order valence-electron chi connectivity index (χ2n) is 10.3. The second kappa shape index (κ2) is 13.0. The van der Waals surface area contributed by atoms with E-state index in [1.54, 1.807) is 13.3 Å². The van der Waals surface area contributed by atoms with Crippen molar-refractivity contribution in [2.75, 3.05) is 26.7 Å². The molecule has 8 heteroatoms. The number of aliphatic hydroxyl groups excluding tert-OH is 1. The van der Waals surface area contributed by atoms with Gasteiger partial charge >= 0.3 is 5.97 Å². The molecule has 0 aliphatic carbocycles. The number of aryl methyl sites for hydroxylation is 2. The van der Waals surface area contributed by atoms with Gasteiger partial charge in [-0.1, -0.05) is 0 Å². The number of carbonyl (C=O) groups is 1. The van der Waals surface area contributed by atoms with E-state index in [1.807, 2.05) is 43.7 Å². The molecule has 1 aliphatic rings. The quantitative estimate of drug-likeness (QED) is 0.325. The van der Waals surface area contributed by atoms with Gasteiger partial charge in [0.25, 0.3) is 0 Å². The minimum atomic E-state index is -0.733. The number of methoxy groups -OCH3 is 1. The first kappa shape index (κ1) is 27.1. The number of ether oxygens (including phenoxy) is 1. The molecule has 0 amide bonds. The van der Waals surface area contributed by atoms with E-state index < -0.39 is 12.1 Å². The van der Waals surface area contributed by atoms with Crippen LogP contribution in [0.1, 0.15) is 62.4 Å². The molecule has 0 saturated carbocycles. The van der Waals surface area contributed by atoms with Gasteiger partial charge in [0.15, 0.2) is 0 Å². The van der Waals surface area contributed by atoms with Crippen molar-refractivity contribution in [3.05, 3.63) is 54.2 Å². The molecule has 0 radical (unpaired) electrons. The number of benzene rings is 1. The highest BCUT2D eigenvalue weighted by Crippen LogP contribution is 2.35. The molecule has 3 aromatic rings. The number of piperidine rings is 1. The summed E-state index contributed by atoms with van der Waals surface area (Å²) < 4.78 is 7.45. The Morgan fingerprint density at radius 2 is 2.03 bits per heavy atom. The third kappa shape index (κ3) is 7.29. The van der Waals surface area contributed by atoms with Crippen LogP contribution in [0.5, 0.6) is 5.75 Å². The summed E-state index contributed by atoms with van der Waals surface area (Å²) in [4.78, 5) is 22.7. The topological polar surface area (TPSA) is 101 Å². The van der Waals surface area contributed by atoms with Crippen LogP contribution in [-0.4, -0.2) is 62.4 Å². The third-order valence-corrected chi connectivity index (χ3v) is 7.90. The molecule has 0 spiro atoms. The number of aromatic nitrogens is 3. The minimum absolute atomic E-state index is 0.200. The van der Waals surface area contributed by atoms with Crippen molar-refractivity contribution in [2.24, 2.45) is 18.9 Å². The molecular weight excluding hydrogens is 468 g/mol. The summed E-state index contributed by atoms with van der Waals surface area (Å²) in [5.41, 5.74) is 1.71. The Bertz CT molecular complexity index is 1160. The monoisotopic (exact) mass is 508 g/mol. The number of hydrogen-bond acceptors (Lipinski definition) is 6. The standard InChI is InChI=1S/C29H40N4O4/c1-32-18-15-31-28(32)5-3-4-16-33-17-13-21(22(20-33)7-11-29(35)36)6-10-27(34)24-12-14-30-26-9-8-23(37-2)19-25(24)26/h8-9,12,14-15,18-19,21-22,27,34H,3-7,10-11,13,16-17,20H2,1-2H3,(H,35,36)/t21?,22?,27-/m0/s1. The molecule has 3 heterocycles. The Balaban J connectivity index is 1.32. The summed E-state index contributed by atoms with van der Waals surface area (Å²) in [6.07, 6.45) is 11.6. The van der Waals surface area contributed by atoms with Gasteiger partial charge in [-0.25, -0.2) is 4.98 Å². The number of carboxylic acid groups (broad SMARTS) is 1. The van der Waals surface area contributed by atoms with Crippen LogP contribution >= 0.6 is 0 Å². The summed E-state index contributed by atoms with van der Waals surface area (Å²) in [7, 11) is 3.67. The van der Waals surface area contributed by atoms with Gasteiger partial charge in [-0.2, -0.15) is 0 Å². The Morgan fingerprint density at radius 3 is 2.78 bits per heavy atom. The smallest absolute Gasteiger partial charge is 0.303 e. The number of likely N-dealkylation sites (tertiary alicyclic amines) is 1. The highest BCUT2D eigenvalue weighted by atomic mass is 16.5. The van der Waals surface area contributed by atoms with Crippen molar-refractivity contribution in [2.45, 2.75) is 57.5 Å². The van der Waals surface area contributed by atoms with Gasteiger partial charge in [0.2, 0.25) is 0 Å². The van der Waals surface area contributed by atoms with Crippen LogP contribution in [0.25, 0.3) is 10.9 Å². The Hall–Kier alpha value is -2.97. The van der Waals surface area contributed by atoms with Crippen LogP contribution in [0.2, 0.25) is 0 Å². The molecule has 3 atom stereocenters. The predicted molar refractivity (Wildman–Crippen MR) is 144 cm³/mol. The van der Waals surface area contributed by atoms with Crippen LogP contribution in [0.4, 0.5) is 0 Å². The third-order valence-electron chi connectivity index (χ3n) is 7.90. The number of aliphatic carboxylic acids is 1. The van der Waals surface area contributed by atoms with E-state index in [4.69, 9.17) is 4.74 Å². The van der Waals surface area contributed by atoms with Crippen molar-refractivity contribution in [1.82, 2.24) is 19.4 Å². The molecule has 4 rings (SSSR count). The molecule has 0 bridgehead atoms. The molecule has 2 unspecified atom stereocenters. The van der Waals surface area contributed by atoms with Gasteiger partial charge in [0, 0.05) is 50.4 Å². The molecular formula is C29H40N4O4. The van der Waals surface area contributed by atoms with Crippen LogP contribution in [-0.2, 0) is 18.3 Å². The van der Waals surface area contributed by atoms with Crippen molar-refractivity contribution in [3.63, 3.8) is 0 Å². The lowest BCUT2D eigenvalue weighted by atomic mass is 9.79. The average Bonchev–Trinajstić information content (AvgIpc) is 3.32. The first-order chi connectivity index (χ1) is 17.9. The maximum Gasteiger partial charge on any atom is 0.303 e. The second-order valence-corrected chi connectivity index (χ2v) is 10.3. The molecule has 8 nitrogen and oxygen atoms in total. The zero-order chi connectivity index (χ0) is 26.2. The van der Waals surface area contributed by atoms with Crippen LogP contribution < -0.4 is 4.74 Å². The first-order valence-corrected chi connectivity index (χ1v) is 13.5. The largest absolute Gasteiger partial charge is 0.497 e. The summed E-state index contributed by atoms with van der Waals surface area (Å²) in [6, 6.07) is 7.62. The molecule has 2 N–H and O–H groups in total. The number of fused-ring (bicyclic) bond motifs is 1. The summed E-state index contributed by atoms with van der Waals surface area (Å²) in [5, 5.41) is 21.4. The van der Waals surface area contributed by atoms with E-state index in [2.05, 4.69) is 19.4 Å². The van der Waals surface area contributed by atoms with E-state index >= 15 is 0 Å². The minimum Gasteiger partial charge on any atom is -0.497 e. The maximum absolute atomic E-state index is 11.3. The zero-order valence-corrected chi connectivity index (χ0v) is 22.1. The lowest BCUT2D eigenvalue weighted by molar-refractivity contribution is -0.137. The maximum atomic E-state index is 11.3. The summed E-state index contributed by atoms with van der Waals surface area (Å²) in [5.74, 6) is 1.89. The van der Waals surface area contributed by atoms with Gasteiger partial charge in [0.05, 0.1) is 18.7 Å². The number of rotatable bonds is 13. The number of unbranched alkanes of at least 4 members (excludes halogenated alkanes) is 1. The average molecular weight is 509 g/mol. The SMILES string of the molecule is COc1ccc2nccc([C@@H](O)CCC3CCN(CCCCc4nccn4C)CC3CCC(=O)O)c2c1. The molecule has 1 saturated heterocycles. The highest BCUT2D eigenvalue weighted by molar-refractivity contribution is 5.83. The van der Waals surface area contributed by atoms with Gasteiger partial charge in [0.1, 0.15) is 11.6 Å². The summed E-state index contributed by atoms with van der Waals surface area (Å²) in [6.45, 7) is 3.00. The number of nitrogens with zero attached hydrogens (tertiary/aromatic N) is 4. The Labute approximate surface area is 219 Å². The van der Waals surface area contributed by atoms with Gasteiger partial charge < -0.3 is 24.4 Å². The zero-order valence-electron chi connectivity index (χ0n) is 22.1. The lowest BCUT2D eigenvalue weighted by Crippen LogP contribution is -2.41. The number of hydrogen-bond donors (Lipinski definition) is 2. The number of aliphatic hydroxyl groups is 1. The highest BCUT2D eigenvalue weighted by Gasteiger charge is 2.30. The van der Waals surface area contributed by atoms with Crippen molar-refractivity contribution in [3.8, 4) is 5.75 Å². The van der Waals surface area contributed by atoms with E-state index in [0.717, 1.165) is 79.8 Å². The molecule has 1 aromatic carbocycles. The fourth-order valence-electron chi connectivity index (χ4n) is 5.72. The van der Waals surface area contributed by atoms with E-state index in [1.165, 1.54) is 0 Å². The number of pyridine rings is 1. The fourth-order valence-corrected chi connectivity index (χ4v) is 5.72. The van der Waals surface area contributed by atoms with Crippen LogP contribution in [0, 0.1) is 11.8 Å². The Morgan fingerprint density at radius 1 is 1.16 bits per heavy atom. The van der Waals surface area contributed by atoms with E-state index in [0.29, 0.717) is 24.7 Å². The molecule has 200 valence electrons. The van der Waals surface area contributed by atoms with Gasteiger partial charge in [-0.05, 0) is 93.3 Å². The Kier molecular flexibility index (Phi) is 9.52. The van der Waals surface area contributed by atoms with Crippen LogP contribution in [0.15, 0.2) is 42.9 Å². The molecule has 1 fully saturated rings. The predicted octanol–water partition coefficient (Wildman–Crippen LogP) is 4.62. The van der Waals surface area contributed by atoms with E-state index in [-0.39, 0.29) is 6.42 Å². The first-order valence-electron chi connectivity index (χ1n) is 13.5. The number of imidazole rings is 1. The van der Waals surface area contributed by atoms with Crippen molar-refractivity contribution in [1.29, 1.82) is 0 Å². The molecule has 1 aliphatic heterocycles. The lowest BCUT2D eigenvalue weighted by Gasteiger charge is -2.39. The van der Waals surface area contributed by atoms with E-state index in [9.17, 15) is 15.0 Å². The van der Waals surface area contributed by atoms with Crippen molar-refractivity contribution < 1.29 is 19.7 Å². The van der Waals surface area contributed by atoms with Gasteiger partial charge in [-0.15, -0.1) is 0 Å². The fraction of sp³-hybridized carbons (Fsp3) is 0.552.